The van der Waals surface area contributed by atoms with Crippen molar-refractivity contribution in [1.29, 1.82) is 0 Å². The Bertz CT molecular complexity index is 989. The Balaban J connectivity index is 2.03. The van der Waals surface area contributed by atoms with E-state index in [0.29, 0.717) is 35.9 Å². The molecule has 0 spiro atoms. The van der Waals surface area contributed by atoms with E-state index in [1.165, 1.54) is 7.11 Å². The summed E-state index contributed by atoms with van der Waals surface area (Å²) in [6, 6.07) is 5.26. The van der Waals surface area contributed by atoms with Crippen molar-refractivity contribution in [3.63, 3.8) is 0 Å². The lowest BCUT2D eigenvalue weighted by molar-refractivity contribution is 0.0720. The number of carbonyl (C=O) groups excluding carboxylic acids is 1. The lowest BCUT2D eigenvalue weighted by Gasteiger charge is -2.27. The number of nitrogens with one attached hydrogen (secondary N) is 2. The summed E-state index contributed by atoms with van der Waals surface area (Å²) in [4.78, 5) is 17.9. The number of ether oxygens (including phenoxy) is 1. The van der Waals surface area contributed by atoms with Gasteiger partial charge in [-0.15, -0.1) is 0 Å². The van der Waals surface area contributed by atoms with E-state index >= 15 is 0 Å². The fraction of sp³-hybridized carbons (Fsp3) is 0.450. The van der Waals surface area contributed by atoms with Crippen LogP contribution in [0.25, 0.3) is 0 Å². The first-order valence-corrected chi connectivity index (χ1v) is 10.9. The molecule has 1 aliphatic rings. The van der Waals surface area contributed by atoms with Crippen LogP contribution in [-0.4, -0.2) is 44.4 Å². The van der Waals surface area contributed by atoms with Crippen molar-refractivity contribution in [2.45, 2.75) is 44.9 Å². The van der Waals surface area contributed by atoms with Gasteiger partial charge >= 0.3 is 0 Å². The normalized spacial score (nSPS) is 14.8. The fourth-order valence-corrected chi connectivity index (χ4v) is 5.22. The van der Waals surface area contributed by atoms with Gasteiger partial charge in [-0.25, -0.2) is 8.42 Å². The summed E-state index contributed by atoms with van der Waals surface area (Å²) in [5.74, 6) is 0.182. The zero-order valence-electron chi connectivity index (χ0n) is 16.8. The third-order valence-corrected chi connectivity index (χ3v) is 6.58. The van der Waals surface area contributed by atoms with E-state index in [1.54, 1.807) is 30.9 Å². The number of benzene rings is 1. The van der Waals surface area contributed by atoms with Gasteiger partial charge in [-0.05, 0) is 57.7 Å². The number of sulfonamides is 1. The Kier molecular flexibility index (Phi) is 5.69. The minimum Gasteiger partial charge on any atom is -0.495 e. The van der Waals surface area contributed by atoms with E-state index in [4.69, 9.17) is 4.74 Å². The molecular weight excluding hydrogens is 378 g/mol. The number of likely N-dealkylation sites (tertiary alicyclic amines) is 1. The van der Waals surface area contributed by atoms with Crippen LogP contribution in [0, 0.1) is 20.8 Å². The van der Waals surface area contributed by atoms with E-state index in [-0.39, 0.29) is 16.4 Å². The molecule has 0 saturated carbocycles. The van der Waals surface area contributed by atoms with E-state index in [2.05, 4.69) is 9.71 Å². The van der Waals surface area contributed by atoms with Crippen LogP contribution in [0.1, 0.15) is 46.6 Å². The Morgan fingerprint density at radius 2 is 1.79 bits per heavy atom. The van der Waals surface area contributed by atoms with E-state index < -0.39 is 10.0 Å². The Labute approximate surface area is 166 Å². The lowest BCUT2D eigenvalue weighted by atomic mass is 10.1. The van der Waals surface area contributed by atoms with Crippen LogP contribution in [-0.2, 0) is 10.0 Å². The van der Waals surface area contributed by atoms with Crippen LogP contribution >= 0.6 is 0 Å². The van der Waals surface area contributed by atoms with Crippen molar-refractivity contribution in [1.82, 2.24) is 9.88 Å². The number of aromatic nitrogens is 1. The zero-order valence-corrected chi connectivity index (χ0v) is 17.6. The average Bonchev–Trinajstić information content (AvgIpc) is 2.96. The molecule has 2 N–H and O–H groups in total. The highest BCUT2D eigenvalue weighted by molar-refractivity contribution is 7.92. The lowest BCUT2D eigenvalue weighted by Crippen LogP contribution is -2.36. The van der Waals surface area contributed by atoms with Crippen LogP contribution in [0.15, 0.2) is 23.1 Å². The van der Waals surface area contributed by atoms with Gasteiger partial charge in [-0.3, -0.25) is 9.52 Å². The highest BCUT2D eigenvalue weighted by Crippen LogP contribution is 2.31. The number of aromatic amines is 1. The maximum Gasteiger partial charge on any atom is 0.264 e. The quantitative estimate of drug-likeness (QED) is 0.798. The summed E-state index contributed by atoms with van der Waals surface area (Å²) in [6.07, 6.45) is 2.97. The molecule has 0 aliphatic carbocycles. The molecule has 7 nitrogen and oxygen atoms in total. The molecule has 3 rings (SSSR count). The number of hydrogen-bond donors (Lipinski definition) is 2. The largest absolute Gasteiger partial charge is 0.495 e. The third-order valence-electron chi connectivity index (χ3n) is 5.04. The summed E-state index contributed by atoms with van der Waals surface area (Å²) in [5.41, 5.74) is 2.46. The number of methoxy groups -OCH3 is 1. The van der Waals surface area contributed by atoms with Gasteiger partial charge in [-0.2, -0.15) is 0 Å². The van der Waals surface area contributed by atoms with E-state index in [0.717, 1.165) is 24.8 Å². The number of hydrogen-bond acceptors (Lipinski definition) is 4. The van der Waals surface area contributed by atoms with Crippen molar-refractivity contribution in [3.8, 4) is 5.75 Å². The Morgan fingerprint density at radius 3 is 2.43 bits per heavy atom. The number of anilines is 1. The van der Waals surface area contributed by atoms with Gasteiger partial charge in [-0.1, -0.05) is 6.07 Å². The standard InChI is InChI=1S/C20H27N3O4S/c1-13-8-9-17(27-4)16(12-13)22-28(25,26)19-15(3)21-14(2)18(19)20(24)23-10-6-5-7-11-23/h8-9,12,21-22H,5-7,10-11H2,1-4H3. The molecule has 0 bridgehead atoms. The highest BCUT2D eigenvalue weighted by Gasteiger charge is 2.32. The van der Waals surface area contributed by atoms with Gasteiger partial charge in [0.25, 0.3) is 15.9 Å². The number of aryl methyl sites for hydroxylation is 3. The van der Waals surface area contributed by atoms with Gasteiger partial charge in [0.2, 0.25) is 0 Å². The average molecular weight is 406 g/mol. The molecule has 1 amide bonds. The number of H-pyrrole nitrogens is 1. The molecule has 1 fully saturated rings. The predicted octanol–water partition coefficient (Wildman–Crippen LogP) is 3.38. The molecule has 152 valence electrons. The molecule has 1 aliphatic heterocycles. The molecule has 8 heteroatoms. The van der Waals surface area contributed by atoms with Crippen LogP contribution in [0.4, 0.5) is 5.69 Å². The second-order valence-corrected chi connectivity index (χ2v) is 8.86. The van der Waals surface area contributed by atoms with E-state index in [1.807, 2.05) is 13.0 Å². The maximum absolute atomic E-state index is 13.3. The monoisotopic (exact) mass is 405 g/mol. The van der Waals surface area contributed by atoms with Crippen LogP contribution in [0.2, 0.25) is 0 Å². The van der Waals surface area contributed by atoms with Crippen molar-refractivity contribution >= 4 is 21.6 Å². The van der Waals surface area contributed by atoms with Crippen LogP contribution in [0.3, 0.4) is 0 Å². The minimum atomic E-state index is -4.00. The second kappa shape index (κ2) is 7.87. The first kappa shape index (κ1) is 20.3. The summed E-state index contributed by atoms with van der Waals surface area (Å²) in [5, 5.41) is 0. The molecular formula is C20H27N3O4S. The zero-order chi connectivity index (χ0) is 20.5. The smallest absolute Gasteiger partial charge is 0.264 e. The summed E-state index contributed by atoms with van der Waals surface area (Å²) in [7, 11) is -2.51. The molecule has 2 aromatic rings. The van der Waals surface area contributed by atoms with Crippen LogP contribution in [0.5, 0.6) is 5.75 Å². The Morgan fingerprint density at radius 1 is 1.11 bits per heavy atom. The summed E-state index contributed by atoms with van der Waals surface area (Å²) in [6.45, 7) is 6.58. The Hall–Kier alpha value is -2.48. The summed E-state index contributed by atoms with van der Waals surface area (Å²) >= 11 is 0. The fourth-order valence-electron chi connectivity index (χ4n) is 3.70. The highest BCUT2D eigenvalue weighted by atomic mass is 32.2. The molecule has 1 saturated heterocycles. The van der Waals surface area contributed by atoms with Gasteiger partial charge in [0, 0.05) is 24.5 Å². The van der Waals surface area contributed by atoms with Crippen molar-refractivity contribution in [3.05, 3.63) is 40.7 Å². The number of rotatable bonds is 5. The first-order chi connectivity index (χ1) is 13.2. The van der Waals surface area contributed by atoms with Gasteiger partial charge in [0.05, 0.1) is 18.4 Å². The van der Waals surface area contributed by atoms with Crippen molar-refractivity contribution in [2.75, 3.05) is 24.9 Å². The van der Waals surface area contributed by atoms with Crippen LogP contribution < -0.4 is 9.46 Å². The number of carbonyl (C=O) groups is 1. The van der Waals surface area contributed by atoms with Gasteiger partial charge < -0.3 is 14.6 Å². The number of piperidine rings is 1. The topological polar surface area (TPSA) is 91.5 Å². The van der Waals surface area contributed by atoms with Crippen molar-refractivity contribution < 1.29 is 17.9 Å². The maximum atomic E-state index is 13.3. The summed E-state index contributed by atoms with van der Waals surface area (Å²) < 4.78 is 34.4. The SMILES string of the molecule is COc1ccc(C)cc1NS(=O)(=O)c1c(C)[nH]c(C)c1C(=O)N1CCCCC1. The predicted molar refractivity (Wildman–Crippen MR) is 109 cm³/mol. The first-order valence-electron chi connectivity index (χ1n) is 9.40. The third kappa shape index (κ3) is 3.87. The second-order valence-electron chi connectivity index (χ2n) is 7.24. The van der Waals surface area contributed by atoms with Gasteiger partial charge in [0.15, 0.2) is 0 Å². The molecule has 0 atom stereocenters. The van der Waals surface area contributed by atoms with Gasteiger partial charge in [0.1, 0.15) is 10.6 Å². The minimum absolute atomic E-state index is 0.00383. The van der Waals surface area contributed by atoms with E-state index in [9.17, 15) is 13.2 Å². The molecule has 0 unspecified atom stereocenters. The molecule has 1 aromatic carbocycles. The molecule has 28 heavy (non-hydrogen) atoms. The molecule has 0 radical (unpaired) electrons. The van der Waals surface area contributed by atoms with Crippen molar-refractivity contribution in [2.24, 2.45) is 0 Å². The number of nitrogens with zero attached hydrogens (tertiary/aromatic N) is 1. The number of amides is 1. The molecule has 1 aromatic heterocycles. The molecule has 2 heterocycles.